The molecule has 1 aromatic carbocycles. The molecule has 0 spiro atoms. The van der Waals surface area contributed by atoms with E-state index in [4.69, 9.17) is 4.74 Å². The molecular formula is C11H12BrN3O3S2. The molecule has 0 saturated heterocycles. The number of hydrogen-bond acceptors (Lipinski definition) is 6. The number of nitrogens with zero attached hydrogens (tertiary/aromatic N) is 2. The summed E-state index contributed by atoms with van der Waals surface area (Å²) in [6, 6.07) is 4.52. The molecule has 0 aliphatic heterocycles. The molecule has 1 aromatic heterocycles. The number of aryl methyl sites for hydroxylation is 1. The zero-order valence-corrected chi connectivity index (χ0v) is 14.0. The summed E-state index contributed by atoms with van der Waals surface area (Å²) < 4.78 is 32.5. The number of ether oxygens (including phenoxy) is 1. The van der Waals surface area contributed by atoms with E-state index in [2.05, 4.69) is 30.8 Å². The number of anilines is 1. The topological polar surface area (TPSA) is 81.2 Å². The summed E-state index contributed by atoms with van der Waals surface area (Å²) in [7, 11) is -2.17. The Labute approximate surface area is 129 Å². The Kier molecular flexibility index (Phi) is 4.61. The molecule has 0 aliphatic rings. The molecule has 0 fully saturated rings. The van der Waals surface area contributed by atoms with Crippen molar-refractivity contribution in [1.29, 1.82) is 0 Å². The summed E-state index contributed by atoms with van der Waals surface area (Å²) in [6.07, 6.45) is 0.716. The van der Waals surface area contributed by atoms with Crippen molar-refractivity contribution in [2.45, 2.75) is 18.2 Å². The van der Waals surface area contributed by atoms with Crippen molar-refractivity contribution in [3.63, 3.8) is 0 Å². The first-order valence-electron chi connectivity index (χ1n) is 5.65. The van der Waals surface area contributed by atoms with E-state index in [0.29, 0.717) is 16.6 Å². The Morgan fingerprint density at radius 1 is 1.40 bits per heavy atom. The largest absolute Gasteiger partial charge is 0.496 e. The van der Waals surface area contributed by atoms with Gasteiger partial charge in [0.1, 0.15) is 10.8 Å². The quantitative estimate of drug-likeness (QED) is 0.865. The van der Waals surface area contributed by atoms with Crippen molar-refractivity contribution in [1.82, 2.24) is 10.2 Å². The van der Waals surface area contributed by atoms with Crippen molar-refractivity contribution in [3.8, 4) is 5.75 Å². The number of sulfonamides is 1. The van der Waals surface area contributed by atoms with E-state index in [1.807, 2.05) is 6.92 Å². The third-order valence-electron chi connectivity index (χ3n) is 2.42. The minimum Gasteiger partial charge on any atom is -0.496 e. The highest BCUT2D eigenvalue weighted by Gasteiger charge is 2.18. The lowest BCUT2D eigenvalue weighted by atomic mass is 10.3. The molecule has 0 atom stereocenters. The lowest BCUT2D eigenvalue weighted by Crippen LogP contribution is -2.12. The molecule has 9 heteroatoms. The first-order valence-corrected chi connectivity index (χ1v) is 8.74. The molecule has 2 aromatic rings. The predicted molar refractivity (Wildman–Crippen MR) is 80.8 cm³/mol. The molecule has 0 aliphatic carbocycles. The van der Waals surface area contributed by atoms with Crippen LogP contribution in [-0.2, 0) is 16.4 Å². The highest BCUT2D eigenvalue weighted by Crippen LogP contribution is 2.28. The fourth-order valence-corrected chi connectivity index (χ4v) is 4.05. The number of halogens is 1. The maximum Gasteiger partial charge on any atom is 0.263 e. The number of benzene rings is 1. The van der Waals surface area contributed by atoms with E-state index in [-0.39, 0.29) is 10.0 Å². The molecule has 6 nitrogen and oxygen atoms in total. The maximum absolute atomic E-state index is 12.2. The average molecular weight is 378 g/mol. The minimum absolute atomic E-state index is 0.124. The molecule has 0 bridgehead atoms. The van der Waals surface area contributed by atoms with Gasteiger partial charge in [0.2, 0.25) is 5.13 Å². The van der Waals surface area contributed by atoms with Crippen LogP contribution >= 0.6 is 27.3 Å². The monoisotopic (exact) mass is 377 g/mol. The fraction of sp³-hybridized carbons (Fsp3) is 0.273. The van der Waals surface area contributed by atoms with E-state index in [1.165, 1.54) is 30.6 Å². The highest BCUT2D eigenvalue weighted by atomic mass is 79.9. The lowest BCUT2D eigenvalue weighted by Gasteiger charge is -2.07. The van der Waals surface area contributed by atoms with E-state index < -0.39 is 10.0 Å². The summed E-state index contributed by atoms with van der Waals surface area (Å²) in [6.45, 7) is 1.93. The van der Waals surface area contributed by atoms with Gasteiger partial charge in [-0.15, -0.1) is 10.2 Å². The van der Waals surface area contributed by atoms with Gasteiger partial charge in [-0.05, 0) is 40.5 Å². The number of hydrogen-bond donors (Lipinski definition) is 1. The second kappa shape index (κ2) is 6.06. The molecule has 0 saturated carbocycles. The first-order chi connectivity index (χ1) is 9.46. The number of aromatic nitrogens is 2. The third kappa shape index (κ3) is 3.28. The van der Waals surface area contributed by atoms with Crippen molar-refractivity contribution < 1.29 is 13.2 Å². The van der Waals surface area contributed by atoms with Crippen LogP contribution in [0.4, 0.5) is 5.13 Å². The molecule has 1 heterocycles. The molecule has 108 valence electrons. The number of methoxy groups -OCH3 is 1. The summed E-state index contributed by atoms with van der Waals surface area (Å²) >= 11 is 4.48. The molecule has 0 unspecified atom stereocenters. The van der Waals surface area contributed by atoms with Crippen molar-refractivity contribution >= 4 is 42.4 Å². The summed E-state index contributed by atoms with van der Waals surface area (Å²) in [4.78, 5) is 0.124. The van der Waals surface area contributed by atoms with Crippen LogP contribution in [0.25, 0.3) is 0 Å². The SMILES string of the molecule is CCc1nnc(NS(=O)(=O)c2ccc(OC)c(Br)c2)s1. The second-order valence-corrected chi connectivity index (χ2v) is 7.36. The lowest BCUT2D eigenvalue weighted by molar-refractivity contribution is 0.411. The number of rotatable bonds is 5. The number of nitrogens with one attached hydrogen (secondary N) is 1. The van der Waals surface area contributed by atoms with Gasteiger partial charge in [0.25, 0.3) is 10.0 Å². The maximum atomic E-state index is 12.2. The van der Waals surface area contributed by atoms with Crippen LogP contribution in [-0.4, -0.2) is 25.7 Å². The van der Waals surface area contributed by atoms with Crippen LogP contribution in [0, 0.1) is 0 Å². The normalized spacial score (nSPS) is 11.3. The Hall–Kier alpha value is -1.19. The highest BCUT2D eigenvalue weighted by molar-refractivity contribution is 9.10. The average Bonchev–Trinajstić information content (AvgIpc) is 2.85. The summed E-state index contributed by atoms with van der Waals surface area (Å²) in [5.74, 6) is 0.563. The minimum atomic E-state index is -3.68. The van der Waals surface area contributed by atoms with Gasteiger partial charge in [-0.25, -0.2) is 8.42 Å². The van der Waals surface area contributed by atoms with Crippen molar-refractivity contribution in [2.75, 3.05) is 11.8 Å². The van der Waals surface area contributed by atoms with Crippen molar-refractivity contribution in [3.05, 3.63) is 27.7 Å². The molecule has 2 rings (SSSR count). The standard InChI is InChI=1S/C11H12BrN3O3S2/c1-3-10-13-14-11(19-10)15-20(16,17)7-4-5-9(18-2)8(12)6-7/h4-6H,3H2,1-2H3,(H,14,15). The smallest absolute Gasteiger partial charge is 0.263 e. The van der Waals surface area contributed by atoms with Gasteiger partial charge in [0.05, 0.1) is 16.5 Å². The van der Waals surface area contributed by atoms with Crippen LogP contribution in [0.3, 0.4) is 0 Å². The summed E-state index contributed by atoms with van der Waals surface area (Å²) in [5.41, 5.74) is 0. The van der Waals surface area contributed by atoms with Gasteiger partial charge < -0.3 is 4.74 Å². The van der Waals surface area contributed by atoms with E-state index in [9.17, 15) is 8.42 Å². The second-order valence-electron chi connectivity index (χ2n) is 3.76. The zero-order chi connectivity index (χ0) is 14.8. The van der Waals surface area contributed by atoms with E-state index in [0.717, 1.165) is 5.01 Å². The van der Waals surface area contributed by atoms with Gasteiger partial charge in [0.15, 0.2) is 0 Å². The van der Waals surface area contributed by atoms with Crippen LogP contribution in [0.15, 0.2) is 27.6 Å². The zero-order valence-electron chi connectivity index (χ0n) is 10.8. The van der Waals surface area contributed by atoms with Gasteiger partial charge in [-0.3, -0.25) is 4.72 Å². The van der Waals surface area contributed by atoms with Crippen LogP contribution in [0.2, 0.25) is 0 Å². The third-order valence-corrected chi connectivity index (χ3v) is 5.49. The van der Waals surface area contributed by atoms with Crippen LogP contribution in [0.5, 0.6) is 5.75 Å². The molecule has 20 heavy (non-hydrogen) atoms. The van der Waals surface area contributed by atoms with E-state index in [1.54, 1.807) is 6.07 Å². The Bertz CT molecular complexity index is 715. The predicted octanol–water partition coefficient (Wildman–Crippen LogP) is 2.67. The first kappa shape index (κ1) is 15.2. The molecule has 0 amide bonds. The van der Waals surface area contributed by atoms with Gasteiger partial charge in [0, 0.05) is 0 Å². The fourth-order valence-electron chi connectivity index (χ4n) is 1.43. The molecule has 1 N–H and O–H groups in total. The molecule has 0 radical (unpaired) electrons. The van der Waals surface area contributed by atoms with E-state index >= 15 is 0 Å². The Morgan fingerprint density at radius 3 is 2.70 bits per heavy atom. The van der Waals surface area contributed by atoms with Crippen LogP contribution in [0.1, 0.15) is 11.9 Å². The summed E-state index contributed by atoms with van der Waals surface area (Å²) in [5, 5.41) is 8.70. The Morgan fingerprint density at radius 2 is 2.15 bits per heavy atom. The van der Waals surface area contributed by atoms with Crippen LogP contribution < -0.4 is 9.46 Å². The van der Waals surface area contributed by atoms with Crippen molar-refractivity contribution in [2.24, 2.45) is 0 Å². The molecular weight excluding hydrogens is 366 g/mol. The van der Waals surface area contributed by atoms with Gasteiger partial charge >= 0.3 is 0 Å². The van der Waals surface area contributed by atoms with Gasteiger partial charge in [-0.1, -0.05) is 18.3 Å². The Balaban J connectivity index is 2.28. The van der Waals surface area contributed by atoms with Gasteiger partial charge in [-0.2, -0.15) is 0 Å².